The molecule has 10 heteroatoms. The van der Waals surface area contributed by atoms with Crippen molar-refractivity contribution < 1.29 is 16.8 Å². The lowest BCUT2D eigenvalue weighted by atomic mass is 9.97. The Hall–Kier alpha value is -2.60. The molecule has 4 rings (SSSR count). The first kappa shape index (κ1) is 34.3. The van der Waals surface area contributed by atoms with Crippen LogP contribution in [-0.4, -0.2) is 16.8 Å². The standard InChI is InChI=1S/C34H40N2O4S4/c1-23(2)33(35-43(37,38)27-19-15-25(5)16-20-27)29-11-7-9-13-31(29)41-42-32-14-10-8-12-30(32)34(24(3)4)36-44(39,40)28-21-17-26(6)18-22-28/h7-24,33-36H,1-6H3/t33-,34-/m1/s1. The van der Waals surface area contributed by atoms with Gasteiger partial charge in [-0.3, -0.25) is 0 Å². The average Bonchev–Trinajstić information content (AvgIpc) is 2.98. The summed E-state index contributed by atoms with van der Waals surface area (Å²) in [5, 5.41) is 0. The molecule has 4 aromatic carbocycles. The van der Waals surface area contributed by atoms with Crippen molar-refractivity contribution in [1.82, 2.24) is 9.44 Å². The van der Waals surface area contributed by atoms with E-state index in [2.05, 4.69) is 9.44 Å². The van der Waals surface area contributed by atoms with Gasteiger partial charge in [0.25, 0.3) is 0 Å². The van der Waals surface area contributed by atoms with Crippen LogP contribution in [0.1, 0.15) is 62.0 Å². The molecule has 4 aromatic rings. The maximum atomic E-state index is 13.4. The van der Waals surface area contributed by atoms with Gasteiger partial charge in [0, 0.05) is 9.79 Å². The van der Waals surface area contributed by atoms with Crippen LogP contribution in [0.2, 0.25) is 0 Å². The van der Waals surface area contributed by atoms with Crippen molar-refractivity contribution in [1.29, 1.82) is 0 Å². The van der Waals surface area contributed by atoms with Gasteiger partial charge in [-0.25, -0.2) is 26.3 Å². The van der Waals surface area contributed by atoms with E-state index in [0.29, 0.717) is 0 Å². The molecule has 0 aliphatic heterocycles. The van der Waals surface area contributed by atoms with Gasteiger partial charge in [-0.15, -0.1) is 0 Å². The molecule has 0 saturated heterocycles. The van der Waals surface area contributed by atoms with E-state index in [1.807, 2.05) is 90.1 Å². The fraction of sp³-hybridized carbons (Fsp3) is 0.294. The van der Waals surface area contributed by atoms with Crippen molar-refractivity contribution >= 4 is 41.6 Å². The Morgan fingerprint density at radius 1 is 0.500 bits per heavy atom. The first-order chi connectivity index (χ1) is 20.8. The number of hydrogen-bond donors (Lipinski definition) is 2. The van der Waals surface area contributed by atoms with Crippen molar-refractivity contribution in [2.24, 2.45) is 11.8 Å². The predicted molar refractivity (Wildman–Crippen MR) is 183 cm³/mol. The molecule has 2 atom stereocenters. The molecule has 0 heterocycles. The highest BCUT2D eigenvalue weighted by atomic mass is 33.1. The smallest absolute Gasteiger partial charge is 0.207 e. The zero-order valence-electron chi connectivity index (χ0n) is 25.8. The van der Waals surface area contributed by atoms with E-state index in [1.54, 1.807) is 48.5 Å². The van der Waals surface area contributed by atoms with Gasteiger partial charge in [0.2, 0.25) is 20.0 Å². The van der Waals surface area contributed by atoms with Gasteiger partial charge < -0.3 is 0 Å². The van der Waals surface area contributed by atoms with Crippen LogP contribution < -0.4 is 9.44 Å². The van der Waals surface area contributed by atoms with Crippen molar-refractivity contribution in [3.05, 3.63) is 119 Å². The van der Waals surface area contributed by atoms with E-state index in [4.69, 9.17) is 0 Å². The lowest BCUT2D eigenvalue weighted by Crippen LogP contribution is -2.32. The van der Waals surface area contributed by atoms with Gasteiger partial charge in [-0.05, 0) is 73.2 Å². The Balaban J connectivity index is 1.60. The van der Waals surface area contributed by atoms with E-state index in [9.17, 15) is 16.8 Å². The Kier molecular flexibility index (Phi) is 11.4. The van der Waals surface area contributed by atoms with Crippen LogP contribution >= 0.6 is 21.6 Å². The van der Waals surface area contributed by atoms with Gasteiger partial charge in [0.1, 0.15) is 0 Å². The van der Waals surface area contributed by atoms with Crippen LogP contribution in [0.5, 0.6) is 0 Å². The number of rotatable bonds is 13. The maximum Gasteiger partial charge on any atom is 0.241 e. The zero-order chi connectivity index (χ0) is 32.1. The van der Waals surface area contributed by atoms with Crippen LogP contribution in [0.3, 0.4) is 0 Å². The highest BCUT2D eigenvalue weighted by Crippen LogP contribution is 2.45. The Morgan fingerprint density at radius 2 is 0.818 bits per heavy atom. The van der Waals surface area contributed by atoms with Crippen LogP contribution in [0, 0.1) is 25.7 Å². The highest BCUT2D eigenvalue weighted by Gasteiger charge is 2.28. The molecule has 6 nitrogen and oxygen atoms in total. The summed E-state index contributed by atoms with van der Waals surface area (Å²) in [6, 6.07) is 28.4. The third-order valence-electron chi connectivity index (χ3n) is 7.29. The van der Waals surface area contributed by atoms with E-state index >= 15 is 0 Å². The average molecular weight is 669 g/mol. The molecule has 0 saturated carbocycles. The van der Waals surface area contributed by atoms with Crippen molar-refractivity contribution in [3.8, 4) is 0 Å². The lowest BCUT2D eigenvalue weighted by Gasteiger charge is -2.26. The molecule has 0 unspecified atom stereocenters. The second kappa shape index (κ2) is 14.7. The number of nitrogens with one attached hydrogen (secondary N) is 2. The molecule has 0 aromatic heterocycles. The first-order valence-corrected chi connectivity index (χ1v) is 19.6. The van der Waals surface area contributed by atoms with Gasteiger partial charge in [-0.2, -0.15) is 0 Å². The summed E-state index contributed by atoms with van der Waals surface area (Å²) < 4.78 is 59.3. The third-order valence-corrected chi connectivity index (χ3v) is 12.7. The minimum Gasteiger partial charge on any atom is -0.207 e. The Bertz CT molecular complexity index is 1640. The summed E-state index contributed by atoms with van der Waals surface area (Å²) >= 11 is 0. The number of benzene rings is 4. The topological polar surface area (TPSA) is 92.3 Å². The lowest BCUT2D eigenvalue weighted by molar-refractivity contribution is 0.458. The Morgan fingerprint density at radius 3 is 1.14 bits per heavy atom. The quantitative estimate of drug-likeness (QED) is 0.139. The molecule has 0 radical (unpaired) electrons. The van der Waals surface area contributed by atoms with Crippen molar-refractivity contribution in [3.63, 3.8) is 0 Å². The van der Waals surface area contributed by atoms with Crippen LogP contribution in [0.4, 0.5) is 0 Å². The molecular formula is C34H40N2O4S4. The first-order valence-electron chi connectivity index (χ1n) is 14.5. The second-order valence-electron chi connectivity index (χ2n) is 11.6. The zero-order valence-corrected chi connectivity index (χ0v) is 29.1. The molecule has 0 fully saturated rings. The van der Waals surface area contributed by atoms with E-state index in [1.165, 1.54) is 21.6 Å². The number of hydrogen-bond acceptors (Lipinski definition) is 6. The van der Waals surface area contributed by atoms with Gasteiger partial charge in [0.15, 0.2) is 0 Å². The SMILES string of the molecule is Cc1ccc(S(=O)(=O)N[C@@H](c2ccccc2SSc2ccccc2[C@H](NS(=O)(=O)c2ccc(C)cc2)C(C)C)C(C)C)cc1. The van der Waals surface area contributed by atoms with Crippen LogP contribution in [0.25, 0.3) is 0 Å². The fourth-order valence-electron chi connectivity index (χ4n) is 4.74. The summed E-state index contributed by atoms with van der Waals surface area (Å²) in [6.45, 7) is 11.8. The molecule has 0 spiro atoms. The summed E-state index contributed by atoms with van der Waals surface area (Å²) in [6.07, 6.45) is 0. The molecule has 0 bridgehead atoms. The van der Waals surface area contributed by atoms with Crippen LogP contribution in [0.15, 0.2) is 117 Å². The fourth-order valence-corrected chi connectivity index (χ4v) is 9.95. The monoisotopic (exact) mass is 668 g/mol. The molecule has 0 aliphatic rings. The maximum absolute atomic E-state index is 13.4. The summed E-state index contributed by atoms with van der Waals surface area (Å²) in [4.78, 5) is 2.32. The van der Waals surface area contributed by atoms with Gasteiger partial charge in [-0.1, -0.05) is 121 Å². The van der Waals surface area contributed by atoms with E-state index < -0.39 is 32.1 Å². The summed E-state index contributed by atoms with van der Waals surface area (Å²) in [5.74, 6) is -0.0356. The van der Waals surface area contributed by atoms with Gasteiger partial charge >= 0.3 is 0 Å². The van der Waals surface area contributed by atoms with Crippen molar-refractivity contribution in [2.45, 2.75) is 73.2 Å². The van der Waals surface area contributed by atoms with E-state index in [0.717, 1.165) is 32.0 Å². The largest absolute Gasteiger partial charge is 0.241 e. The summed E-state index contributed by atoms with van der Waals surface area (Å²) in [7, 11) is -4.44. The number of aryl methyl sites for hydroxylation is 2. The molecule has 44 heavy (non-hydrogen) atoms. The molecule has 234 valence electrons. The Labute approximate surface area is 271 Å². The van der Waals surface area contributed by atoms with Gasteiger partial charge in [0.05, 0.1) is 21.9 Å². The molecule has 0 aliphatic carbocycles. The minimum atomic E-state index is -3.75. The molecule has 0 amide bonds. The highest BCUT2D eigenvalue weighted by molar-refractivity contribution is 8.76. The van der Waals surface area contributed by atoms with Crippen LogP contribution in [-0.2, 0) is 20.0 Å². The molecular weight excluding hydrogens is 629 g/mol. The molecule has 2 N–H and O–H groups in total. The minimum absolute atomic E-state index is 0.0178. The normalized spacial score (nSPS) is 13.7. The van der Waals surface area contributed by atoms with E-state index in [-0.39, 0.29) is 21.6 Å². The second-order valence-corrected chi connectivity index (χ2v) is 17.2. The predicted octanol–water partition coefficient (Wildman–Crippen LogP) is 8.45. The number of sulfonamides is 2. The summed E-state index contributed by atoms with van der Waals surface area (Å²) in [5.41, 5.74) is 3.75. The third kappa shape index (κ3) is 8.56. The van der Waals surface area contributed by atoms with Crippen molar-refractivity contribution in [2.75, 3.05) is 0 Å².